The smallest absolute Gasteiger partial charge is 0.160 e. The summed E-state index contributed by atoms with van der Waals surface area (Å²) in [4.78, 5) is 0. The third-order valence-corrected chi connectivity index (χ3v) is 2.17. The summed E-state index contributed by atoms with van der Waals surface area (Å²) < 4.78 is 4.89. The second-order valence-corrected chi connectivity index (χ2v) is 3.46. The number of phenols is 1. The molecule has 1 unspecified atom stereocenters. The van der Waals surface area contributed by atoms with E-state index in [9.17, 15) is 5.11 Å². The van der Waals surface area contributed by atoms with Crippen LogP contribution in [0.1, 0.15) is 12.5 Å². The first-order chi connectivity index (χ1) is 6.51. The van der Waals surface area contributed by atoms with E-state index in [0.29, 0.717) is 11.3 Å². The van der Waals surface area contributed by atoms with Crippen molar-refractivity contribution in [2.75, 3.05) is 13.7 Å². The van der Waals surface area contributed by atoms with Gasteiger partial charge in [0.2, 0.25) is 0 Å². The fourth-order valence-electron chi connectivity index (χ4n) is 1.14. The van der Waals surface area contributed by atoms with Crippen LogP contribution in [0, 0.1) is 0 Å². The van der Waals surface area contributed by atoms with Crippen molar-refractivity contribution in [1.82, 2.24) is 0 Å². The fraction of sp³-hybridized carbons (Fsp3) is 0.400. The van der Waals surface area contributed by atoms with Crippen molar-refractivity contribution < 1.29 is 14.9 Å². The topological polar surface area (TPSA) is 75.7 Å². The van der Waals surface area contributed by atoms with Gasteiger partial charge in [-0.25, -0.2) is 0 Å². The van der Waals surface area contributed by atoms with Gasteiger partial charge in [-0.15, -0.1) is 0 Å². The summed E-state index contributed by atoms with van der Waals surface area (Å²) in [6.45, 7) is 1.51. The van der Waals surface area contributed by atoms with E-state index in [0.717, 1.165) is 0 Å². The van der Waals surface area contributed by atoms with Gasteiger partial charge in [0.1, 0.15) is 0 Å². The normalized spacial score (nSPS) is 14.9. The minimum absolute atomic E-state index is 0.0233. The molecule has 0 heterocycles. The maximum absolute atomic E-state index is 9.49. The summed E-state index contributed by atoms with van der Waals surface area (Å²) >= 11 is 0. The molecule has 0 aliphatic rings. The van der Waals surface area contributed by atoms with Crippen LogP contribution in [0.5, 0.6) is 11.5 Å². The summed E-state index contributed by atoms with van der Waals surface area (Å²) in [5.74, 6) is 0.414. The highest BCUT2D eigenvalue weighted by Crippen LogP contribution is 2.29. The molecule has 0 saturated carbocycles. The number of aromatic hydroxyl groups is 1. The van der Waals surface area contributed by atoms with Crippen molar-refractivity contribution >= 4 is 0 Å². The highest BCUT2D eigenvalue weighted by molar-refractivity contribution is 5.43. The maximum Gasteiger partial charge on any atom is 0.160 e. The maximum atomic E-state index is 9.49. The molecule has 1 aromatic carbocycles. The van der Waals surface area contributed by atoms with Gasteiger partial charge >= 0.3 is 0 Å². The predicted octanol–water partition coefficient (Wildman–Crippen LogP) is 0.567. The lowest BCUT2D eigenvalue weighted by molar-refractivity contribution is 0.209. The summed E-state index contributed by atoms with van der Waals surface area (Å²) in [6, 6.07) is 4.83. The standard InChI is InChI=1S/C10H15NO3/c1-10(11,6-12)7-3-4-9(14-2)8(13)5-7/h3-5,12-13H,6,11H2,1-2H3. The Balaban J connectivity index is 3.08. The van der Waals surface area contributed by atoms with Crippen LogP contribution in [0.3, 0.4) is 0 Å². The van der Waals surface area contributed by atoms with Crippen molar-refractivity contribution in [2.24, 2.45) is 5.73 Å². The Kier molecular flexibility index (Phi) is 2.98. The lowest BCUT2D eigenvalue weighted by atomic mass is 9.94. The number of methoxy groups -OCH3 is 1. The summed E-state index contributed by atoms with van der Waals surface area (Å²) in [5.41, 5.74) is 5.62. The van der Waals surface area contributed by atoms with E-state index >= 15 is 0 Å². The zero-order valence-electron chi connectivity index (χ0n) is 8.32. The third kappa shape index (κ3) is 1.97. The van der Waals surface area contributed by atoms with Crippen molar-refractivity contribution in [1.29, 1.82) is 0 Å². The largest absolute Gasteiger partial charge is 0.504 e. The number of rotatable bonds is 3. The van der Waals surface area contributed by atoms with Gasteiger partial charge in [0, 0.05) is 0 Å². The average Bonchev–Trinajstić information content (AvgIpc) is 2.17. The summed E-state index contributed by atoms with van der Waals surface area (Å²) in [7, 11) is 1.47. The minimum atomic E-state index is -0.844. The molecular weight excluding hydrogens is 182 g/mol. The van der Waals surface area contributed by atoms with Gasteiger partial charge in [-0.1, -0.05) is 6.07 Å². The molecule has 0 aliphatic heterocycles. The average molecular weight is 197 g/mol. The van der Waals surface area contributed by atoms with E-state index in [2.05, 4.69) is 0 Å². The number of ether oxygens (including phenoxy) is 1. The predicted molar refractivity (Wildman–Crippen MR) is 53.3 cm³/mol. The molecule has 1 rings (SSSR count). The van der Waals surface area contributed by atoms with E-state index in [1.165, 1.54) is 13.2 Å². The van der Waals surface area contributed by atoms with Crippen LogP contribution in [-0.2, 0) is 5.54 Å². The van der Waals surface area contributed by atoms with Gasteiger partial charge in [-0.2, -0.15) is 0 Å². The highest BCUT2D eigenvalue weighted by Gasteiger charge is 2.21. The molecule has 4 nitrogen and oxygen atoms in total. The van der Waals surface area contributed by atoms with Gasteiger partial charge in [-0.05, 0) is 24.6 Å². The molecule has 0 saturated heterocycles. The lowest BCUT2D eigenvalue weighted by Crippen LogP contribution is -2.36. The lowest BCUT2D eigenvalue weighted by Gasteiger charge is -2.22. The van der Waals surface area contributed by atoms with Crippen LogP contribution in [0.15, 0.2) is 18.2 Å². The van der Waals surface area contributed by atoms with Crippen LogP contribution in [-0.4, -0.2) is 23.9 Å². The van der Waals surface area contributed by atoms with Gasteiger partial charge in [0.25, 0.3) is 0 Å². The zero-order valence-corrected chi connectivity index (χ0v) is 8.32. The first-order valence-corrected chi connectivity index (χ1v) is 4.28. The SMILES string of the molecule is COc1ccc(C(C)(N)CO)cc1O. The van der Waals surface area contributed by atoms with Crippen molar-refractivity contribution in [2.45, 2.75) is 12.5 Å². The Morgan fingerprint density at radius 1 is 1.50 bits per heavy atom. The van der Waals surface area contributed by atoms with E-state index < -0.39 is 5.54 Å². The van der Waals surface area contributed by atoms with E-state index in [4.69, 9.17) is 15.6 Å². The third-order valence-electron chi connectivity index (χ3n) is 2.17. The Morgan fingerprint density at radius 2 is 2.14 bits per heavy atom. The highest BCUT2D eigenvalue weighted by atomic mass is 16.5. The molecule has 0 bridgehead atoms. The molecule has 4 heteroatoms. The molecule has 78 valence electrons. The summed E-state index contributed by atoms with van der Waals surface area (Å²) in [5, 5.41) is 18.5. The molecule has 0 amide bonds. The van der Waals surface area contributed by atoms with Gasteiger partial charge in [0.15, 0.2) is 11.5 Å². The number of aliphatic hydroxyl groups excluding tert-OH is 1. The van der Waals surface area contributed by atoms with Crippen LogP contribution in [0.2, 0.25) is 0 Å². The van der Waals surface area contributed by atoms with Crippen LogP contribution in [0.25, 0.3) is 0 Å². The monoisotopic (exact) mass is 197 g/mol. The first kappa shape index (κ1) is 10.8. The second-order valence-electron chi connectivity index (χ2n) is 3.46. The fourth-order valence-corrected chi connectivity index (χ4v) is 1.14. The molecule has 0 aliphatic carbocycles. The number of phenolic OH excluding ortho intramolecular Hbond substituents is 1. The van der Waals surface area contributed by atoms with E-state index in [1.54, 1.807) is 19.1 Å². The van der Waals surface area contributed by atoms with Crippen molar-refractivity contribution in [3.05, 3.63) is 23.8 Å². The zero-order chi connectivity index (χ0) is 10.8. The molecule has 0 fully saturated rings. The van der Waals surface area contributed by atoms with E-state index in [-0.39, 0.29) is 12.4 Å². The number of hydrogen-bond acceptors (Lipinski definition) is 4. The molecule has 14 heavy (non-hydrogen) atoms. The molecular formula is C10H15NO3. The van der Waals surface area contributed by atoms with Gasteiger partial charge in [0.05, 0.1) is 19.3 Å². The molecule has 1 atom stereocenters. The number of benzene rings is 1. The Morgan fingerprint density at radius 3 is 2.57 bits per heavy atom. The van der Waals surface area contributed by atoms with Gasteiger partial charge in [-0.3, -0.25) is 0 Å². The Labute approximate surface area is 82.9 Å². The second kappa shape index (κ2) is 3.86. The number of aliphatic hydroxyl groups is 1. The van der Waals surface area contributed by atoms with Crippen LogP contribution < -0.4 is 10.5 Å². The molecule has 0 spiro atoms. The summed E-state index contributed by atoms with van der Waals surface area (Å²) in [6.07, 6.45) is 0. The van der Waals surface area contributed by atoms with Crippen molar-refractivity contribution in [3.63, 3.8) is 0 Å². The van der Waals surface area contributed by atoms with Crippen LogP contribution >= 0.6 is 0 Å². The molecule has 1 aromatic rings. The van der Waals surface area contributed by atoms with Crippen LogP contribution in [0.4, 0.5) is 0 Å². The minimum Gasteiger partial charge on any atom is -0.504 e. The molecule has 0 aromatic heterocycles. The van der Waals surface area contributed by atoms with Crippen molar-refractivity contribution in [3.8, 4) is 11.5 Å². The first-order valence-electron chi connectivity index (χ1n) is 4.28. The molecule has 4 N–H and O–H groups in total. The molecule has 0 radical (unpaired) electrons. The van der Waals surface area contributed by atoms with Gasteiger partial charge < -0.3 is 20.7 Å². The number of nitrogens with two attached hydrogens (primary N) is 1. The Hall–Kier alpha value is -1.26. The quantitative estimate of drug-likeness (QED) is 0.662. The number of hydrogen-bond donors (Lipinski definition) is 3. The van der Waals surface area contributed by atoms with E-state index in [1.807, 2.05) is 0 Å². The Bertz CT molecular complexity index is 323.